The van der Waals surface area contributed by atoms with Gasteiger partial charge in [0.05, 0.1) is 9.77 Å². The maximum absolute atomic E-state index is 12.9. The van der Waals surface area contributed by atoms with Crippen LogP contribution in [0.4, 0.5) is 11.4 Å². The minimum Gasteiger partial charge on any atom is -0.322 e. The number of rotatable bonds is 6. The standard InChI is InChI=1S/C22H23N3O4S2/c1-14-11-18(31(28,29)25(3)4)13-19(15(14)2)24-21(26)16-7-5-8-17(12-16)23-22(27)20-9-6-10-30-20/h5-13H,1-4H3,(H,23,27)(H,24,26). The number of sulfonamides is 1. The van der Waals surface area contributed by atoms with Crippen LogP contribution in [0.25, 0.3) is 0 Å². The molecule has 1 heterocycles. The van der Waals surface area contributed by atoms with Crippen LogP contribution >= 0.6 is 11.3 Å². The molecule has 0 spiro atoms. The van der Waals surface area contributed by atoms with Crippen molar-refractivity contribution in [2.45, 2.75) is 18.7 Å². The molecule has 0 radical (unpaired) electrons. The van der Waals surface area contributed by atoms with E-state index in [1.165, 1.54) is 31.5 Å². The van der Waals surface area contributed by atoms with E-state index >= 15 is 0 Å². The number of hydrogen-bond acceptors (Lipinski definition) is 5. The Balaban J connectivity index is 1.85. The average Bonchev–Trinajstić information content (AvgIpc) is 3.26. The van der Waals surface area contributed by atoms with Gasteiger partial charge in [-0.2, -0.15) is 0 Å². The molecule has 2 amide bonds. The summed E-state index contributed by atoms with van der Waals surface area (Å²) < 4.78 is 26.2. The Morgan fingerprint density at radius 1 is 0.935 bits per heavy atom. The number of carbonyl (C=O) groups is 2. The second-order valence-corrected chi connectivity index (χ2v) is 10.3. The molecule has 0 aliphatic rings. The third-order valence-corrected chi connectivity index (χ3v) is 7.46. The van der Waals surface area contributed by atoms with Gasteiger partial charge < -0.3 is 10.6 Å². The van der Waals surface area contributed by atoms with Crippen molar-refractivity contribution in [1.29, 1.82) is 0 Å². The second-order valence-electron chi connectivity index (χ2n) is 7.17. The van der Waals surface area contributed by atoms with E-state index in [0.717, 1.165) is 15.4 Å². The first kappa shape index (κ1) is 22.7. The van der Waals surface area contributed by atoms with Gasteiger partial charge in [0, 0.05) is 31.0 Å². The van der Waals surface area contributed by atoms with Crippen molar-refractivity contribution in [1.82, 2.24) is 4.31 Å². The van der Waals surface area contributed by atoms with Gasteiger partial charge in [-0.05, 0) is 66.8 Å². The first-order valence-electron chi connectivity index (χ1n) is 9.39. The lowest BCUT2D eigenvalue weighted by Gasteiger charge is -2.16. The van der Waals surface area contributed by atoms with E-state index in [9.17, 15) is 18.0 Å². The van der Waals surface area contributed by atoms with Crippen molar-refractivity contribution >= 4 is 44.5 Å². The second kappa shape index (κ2) is 9.01. The number of amides is 2. The summed E-state index contributed by atoms with van der Waals surface area (Å²) in [6.07, 6.45) is 0. The van der Waals surface area contributed by atoms with Crippen LogP contribution < -0.4 is 10.6 Å². The number of nitrogens with zero attached hydrogens (tertiary/aromatic N) is 1. The molecule has 9 heteroatoms. The highest BCUT2D eigenvalue weighted by atomic mass is 32.2. The Bertz CT molecular complexity index is 1230. The topological polar surface area (TPSA) is 95.6 Å². The summed E-state index contributed by atoms with van der Waals surface area (Å²) in [6, 6.07) is 13.1. The number of anilines is 2. The molecule has 0 aliphatic carbocycles. The Hall–Kier alpha value is -3.01. The number of thiophene rings is 1. The van der Waals surface area contributed by atoms with Crippen molar-refractivity contribution in [3.63, 3.8) is 0 Å². The largest absolute Gasteiger partial charge is 0.322 e. The van der Waals surface area contributed by atoms with Crippen molar-refractivity contribution in [3.05, 3.63) is 75.5 Å². The summed E-state index contributed by atoms with van der Waals surface area (Å²) in [4.78, 5) is 25.8. The van der Waals surface area contributed by atoms with Gasteiger partial charge in [0.25, 0.3) is 11.8 Å². The van der Waals surface area contributed by atoms with Crippen molar-refractivity contribution in [2.75, 3.05) is 24.7 Å². The van der Waals surface area contributed by atoms with E-state index < -0.39 is 15.9 Å². The highest BCUT2D eigenvalue weighted by Gasteiger charge is 2.20. The molecule has 3 aromatic rings. The zero-order valence-corrected chi connectivity index (χ0v) is 19.2. The van der Waals surface area contributed by atoms with E-state index in [1.54, 1.807) is 49.4 Å². The van der Waals surface area contributed by atoms with Gasteiger partial charge in [-0.15, -0.1) is 11.3 Å². The minimum absolute atomic E-state index is 0.105. The van der Waals surface area contributed by atoms with Crippen LogP contribution in [-0.4, -0.2) is 38.6 Å². The molecule has 1 aromatic heterocycles. The van der Waals surface area contributed by atoms with Crippen LogP contribution in [0.5, 0.6) is 0 Å². The van der Waals surface area contributed by atoms with Gasteiger partial charge >= 0.3 is 0 Å². The fourth-order valence-electron chi connectivity index (χ4n) is 2.85. The molecule has 0 saturated heterocycles. The summed E-state index contributed by atoms with van der Waals surface area (Å²) >= 11 is 1.33. The summed E-state index contributed by atoms with van der Waals surface area (Å²) in [5.74, 6) is -0.658. The highest BCUT2D eigenvalue weighted by Crippen LogP contribution is 2.26. The maximum Gasteiger partial charge on any atom is 0.265 e. The number of benzene rings is 2. The molecule has 0 saturated carbocycles. The Kier molecular flexibility index (Phi) is 6.59. The fraction of sp³-hybridized carbons (Fsp3) is 0.182. The fourth-order valence-corrected chi connectivity index (χ4v) is 4.48. The van der Waals surface area contributed by atoms with Gasteiger partial charge in [0.2, 0.25) is 10.0 Å². The Morgan fingerprint density at radius 2 is 1.68 bits per heavy atom. The van der Waals surface area contributed by atoms with Crippen molar-refractivity contribution in [2.24, 2.45) is 0 Å². The molecule has 162 valence electrons. The predicted octanol–water partition coefficient (Wildman–Crippen LogP) is 4.12. The molecule has 3 rings (SSSR count). The normalized spacial score (nSPS) is 11.4. The van der Waals surface area contributed by atoms with Crippen LogP contribution in [0, 0.1) is 13.8 Å². The van der Waals surface area contributed by atoms with Gasteiger partial charge in [-0.1, -0.05) is 12.1 Å². The van der Waals surface area contributed by atoms with Crippen molar-refractivity contribution < 1.29 is 18.0 Å². The van der Waals surface area contributed by atoms with E-state index in [-0.39, 0.29) is 10.8 Å². The van der Waals surface area contributed by atoms with Crippen LogP contribution in [-0.2, 0) is 10.0 Å². The van der Waals surface area contributed by atoms with Crippen LogP contribution in [0.2, 0.25) is 0 Å². The van der Waals surface area contributed by atoms with Crippen LogP contribution in [0.1, 0.15) is 31.2 Å². The number of hydrogen-bond donors (Lipinski definition) is 2. The predicted molar refractivity (Wildman–Crippen MR) is 123 cm³/mol. The lowest BCUT2D eigenvalue weighted by atomic mass is 10.1. The molecule has 0 bridgehead atoms. The molecule has 0 fully saturated rings. The molecule has 0 unspecified atom stereocenters. The third-order valence-electron chi connectivity index (χ3n) is 4.80. The lowest BCUT2D eigenvalue weighted by Crippen LogP contribution is -2.23. The first-order valence-corrected chi connectivity index (χ1v) is 11.7. The summed E-state index contributed by atoms with van der Waals surface area (Å²) in [7, 11) is -0.731. The first-order chi connectivity index (χ1) is 14.6. The summed E-state index contributed by atoms with van der Waals surface area (Å²) in [5.41, 5.74) is 2.76. The van der Waals surface area contributed by atoms with Gasteiger partial charge in [-0.25, -0.2) is 12.7 Å². The zero-order valence-electron chi connectivity index (χ0n) is 17.6. The monoisotopic (exact) mass is 457 g/mol. The van der Waals surface area contributed by atoms with Gasteiger partial charge in [0.15, 0.2) is 0 Å². The molecular weight excluding hydrogens is 434 g/mol. The highest BCUT2D eigenvalue weighted by molar-refractivity contribution is 7.89. The minimum atomic E-state index is -3.65. The average molecular weight is 458 g/mol. The summed E-state index contributed by atoms with van der Waals surface area (Å²) in [5, 5.41) is 7.38. The third kappa shape index (κ3) is 5.01. The molecule has 2 aromatic carbocycles. The molecule has 0 atom stereocenters. The van der Waals surface area contributed by atoms with Crippen LogP contribution in [0.15, 0.2) is 58.8 Å². The number of carbonyl (C=O) groups excluding carboxylic acids is 2. The smallest absolute Gasteiger partial charge is 0.265 e. The molecule has 7 nitrogen and oxygen atoms in total. The Morgan fingerprint density at radius 3 is 2.32 bits per heavy atom. The van der Waals surface area contributed by atoms with E-state index in [0.29, 0.717) is 21.8 Å². The number of aryl methyl sites for hydroxylation is 1. The van der Waals surface area contributed by atoms with Crippen molar-refractivity contribution in [3.8, 4) is 0 Å². The molecule has 31 heavy (non-hydrogen) atoms. The van der Waals surface area contributed by atoms with Gasteiger partial charge in [0.1, 0.15) is 0 Å². The molecule has 2 N–H and O–H groups in total. The van der Waals surface area contributed by atoms with E-state index in [2.05, 4.69) is 10.6 Å². The molecule has 0 aliphatic heterocycles. The van der Waals surface area contributed by atoms with E-state index in [4.69, 9.17) is 0 Å². The quantitative estimate of drug-likeness (QED) is 0.582. The maximum atomic E-state index is 12.9. The van der Waals surface area contributed by atoms with E-state index in [1.807, 2.05) is 12.3 Å². The zero-order chi connectivity index (χ0) is 22.8. The molecular formula is C22H23N3O4S2. The van der Waals surface area contributed by atoms with Gasteiger partial charge in [-0.3, -0.25) is 9.59 Å². The lowest BCUT2D eigenvalue weighted by molar-refractivity contribution is 0.101. The number of nitrogens with one attached hydrogen (secondary N) is 2. The Labute approximate surface area is 185 Å². The summed E-state index contributed by atoms with van der Waals surface area (Å²) in [6.45, 7) is 3.61. The van der Waals surface area contributed by atoms with Crippen LogP contribution in [0.3, 0.4) is 0 Å². The SMILES string of the molecule is Cc1cc(S(=O)(=O)N(C)C)cc(NC(=O)c2cccc(NC(=O)c3cccs3)c2)c1C.